The minimum Gasteiger partial charge on any atom is -0.449 e. The molecule has 1 aromatic heterocycles. The van der Waals surface area contributed by atoms with Crippen molar-refractivity contribution in [3.05, 3.63) is 47.7 Å². The third kappa shape index (κ3) is 4.68. The van der Waals surface area contributed by atoms with E-state index < -0.39 is 12.1 Å². The molecule has 1 amide bonds. The van der Waals surface area contributed by atoms with Gasteiger partial charge in [-0.2, -0.15) is 0 Å². The number of esters is 1. The number of carbonyl (C=O) groups is 3. The topological polar surface area (TPSA) is 76.8 Å². The zero-order valence-corrected chi connectivity index (χ0v) is 16.3. The van der Waals surface area contributed by atoms with Crippen LogP contribution < -0.4 is 0 Å². The van der Waals surface area contributed by atoms with Crippen molar-refractivity contribution in [2.24, 2.45) is 0 Å². The zero-order valence-electron chi connectivity index (χ0n) is 16.3. The van der Waals surface area contributed by atoms with E-state index in [1.807, 2.05) is 0 Å². The molecule has 0 spiro atoms. The quantitative estimate of drug-likeness (QED) is 0.574. The second kappa shape index (κ2) is 8.87. The number of carbonyl (C=O) groups excluding carboxylic acids is 3. The Hall–Kier alpha value is -2.89. The van der Waals surface area contributed by atoms with E-state index in [0.717, 1.165) is 31.2 Å². The van der Waals surface area contributed by atoms with Gasteiger partial charge in [-0.15, -0.1) is 0 Å². The second-order valence-electron chi connectivity index (χ2n) is 7.08. The predicted molar refractivity (Wildman–Crippen MR) is 104 cm³/mol. The van der Waals surface area contributed by atoms with Gasteiger partial charge < -0.3 is 14.1 Å². The second-order valence-corrected chi connectivity index (χ2v) is 7.08. The number of rotatable bonds is 5. The van der Waals surface area contributed by atoms with Crippen LogP contribution in [-0.2, 0) is 9.53 Å². The van der Waals surface area contributed by atoms with E-state index in [1.165, 1.54) is 13.0 Å². The maximum atomic E-state index is 12.5. The predicted octanol–water partition coefficient (Wildman–Crippen LogP) is 4.10. The minimum absolute atomic E-state index is 0.0154. The van der Waals surface area contributed by atoms with Gasteiger partial charge in [0, 0.05) is 24.2 Å². The van der Waals surface area contributed by atoms with Crippen molar-refractivity contribution in [1.82, 2.24) is 4.90 Å². The summed E-state index contributed by atoms with van der Waals surface area (Å²) in [5.74, 6) is -0.308. The number of ether oxygens (including phenoxy) is 1. The van der Waals surface area contributed by atoms with E-state index >= 15 is 0 Å². The molecule has 6 heteroatoms. The fourth-order valence-corrected chi connectivity index (χ4v) is 3.29. The molecule has 2 heterocycles. The van der Waals surface area contributed by atoms with Crippen LogP contribution in [0.1, 0.15) is 60.4 Å². The number of Topliss-reactive ketones (excluding diaryl/α,β-unsaturated/α-hetero) is 1. The molecule has 3 rings (SSSR count). The number of likely N-dealkylation sites (tertiary alicyclic amines) is 1. The molecule has 0 saturated carbocycles. The van der Waals surface area contributed by atoms with Crippen LogP contribution in [0.5, 0.6) is 0 Å². The lowest BCUT2D eigenvalue weighted by atomic mass is 10.1. The van der Waals surface area contributed by atoms with E-state index in [0.29, 0.717) is 24.4 Å². The summed E-state index contributed by atoms with van der Waals surface area (Å²) in [5.41, 5.74) is 1.36. The van der Waals surface area contributed by atoms with Gasteiger partial charge in [0.05, 0.1) is 0 Å². The number of ketones is 1. The number of furan rings is 1. The summed E-state index contributed by atoms with van der Waals surface area (Å²) in [5, 5.41) is 0. The molecule has 1 aliphatic rings. The van der Waals surface area contributed by atoms with Crippen LogP contribution >= 0.6 is 0 Å². The van der Waals surface area contributed by atoms with Crippen LogP contribution in [0, 0.1) is 0 Å². The fraction of sp³-hybridized carbons (Fsp3) is 0.409. The van der Waals surface area contributed by atoms with Crippen LogP contribution in [0.25, 0.3) is 11.3 Å². The summed E-state index contributed by atoms with van der Waals surface area (Å²) in [6.45, 7) is 4.52. The molecule has 6 nitrogen and oxygen atoms in total. The first-order valence-corrected chi connectivity index (χ1v) is 9.66. The minimum atomic E-state index is -0.853. The summed E-state index contributed by atoms with van der Waals surface area (Å²) in [6, 6.07) is 10.1. The van der Waals surface area contributed by atoms with E-state index in [4.69, 9.17) is 9.15 Å². The molecule has 0 N–H and O–H groups in total. The number of hydrogen-bond donors (Lipinski definition) is 0. The highest BCUT2D eigenvalue weighted by molar-refractivity contribution is 5.94. The molecule has 0 unspecified atom stereocenters. The Kier molecular flexibility index (Phi) is 6.29. The molecule has 1 atom stereocenters. The molecule has 0 radical (unpaired) electrons. The Morgan fingerprint density at radius 2 is 1.61 bits per heavy atom. The lowest BCUT2D eigenvalue weighted by Gasteiger charge is -2.23. The van der Waals surface area contributed by atoms with Gasteiger partial charge >= 0.3 is 5.97 Å². The monoisotopic (exact) mass is 383 g/mol. The number of nitrogens with zero attached hydrogens (tertiary/aromatic N) is 1. The van der Waals surface area contributed by atoms with Crippen LogP contribution in [0.4, 0.5) is 0 Å². The van der Waals surface area contributed by atoms with Crippen molar-refractivity contribution in [2.75, 3.05) is 13.1 Å². The highest BCUT2D eigenvalue weighted by atomic mass is 16.6. The van der Waals surface area contributed by atoms with E-state index in [-0.39, 0.29) is 17.5 Å². The number of benzene rings is 1. The van der Waals surface area contributed by atoms with Gasteiger partial charge in [0.25, 0.3) is 5.91 Å². The standard InChI is InChI=1S/C22H25NO5/c1-15(24)17-7-9-18(10-8-17)19-11-12-20(28-19)22(26)27-16(2)21(25)23-13-5-3-4-6-14-23/h7-12,16H,3-6,13-14H2,1-2H3/t16-/m0/s1. The van der Waals surface area contributed by atoms with Crippen molar-refractivity contribution in [3.8, 4) is 11.3 Å². The van der Waals surface area contributed by atoms with Gasteiger partial charge in [-0.25, -0.2) is 4.79 Å². The van der Waals surface area contributed by atoms with Gasteiger partial charge in [-0.1, -0.05) is 37.1 Å². The van der Waals surface area contributed by atoms with Crippen molar-refractivity contribution >= 4 is 17.7 Å². The van der Waals surface area contributed by atoms with Crippen LogP contribution in [-0.4, -0.2) is 41.8 Å². The highest BCUT2D eigenvalue weighted by Gasteiger charge is 2.26. The first kappa shape index (κ1) is 19.9. The largest absolute Gasteiger partial charge is 0.449 e. The Morgan fingerprint density at radius 3 is 2.21 bits per heavy atom. The van der Waals surface area contributed by atoms with Crippen molar-refractivity contribution in [3.63, 3.8) is 0 Å². The molecule has 1 saturated heterocycles. The molecule has 1 aromatic carbocycles. The molecule has 28 heavy (non-hydrogen) atoms. The first-order chi connectivity index (χ1) is 13.5. The summed E-state index contributed by atoms with van der Waals surface area (Å²) in [6.07, 6.45) is 3.36. The molecule has 148 valence electrons. The van der Waals surface area contributed by atoms with Gasteiger partial charge in [-0.3, -0.25) is 9.59 Å². The van der Waals surface area contributed by atoms with E-state index in [9.17, 15) is 14.4 Å². The Balaban J connectivity index is 1.63. The molecule has 1 fully saturated rings. The van der Waals surface area contributed by atoms with Gasteiger partial charge in [-0.05, 0) is 38.8 Å². The van der Waals surface area contributed by atoms with Crippen molar-refractivity contribution < 1.29 is 23.5 Å². The van der Waals surface area contributed by atoms with Gasteiger partial charge in [0.2, 0.25) is 5.76 Å². The zero-order chi connectivity index (χ0) is 20.1. The van der Waals surface area contributed by atoms with Crippen LogP contribution in [0.2, 0.25) is 0 Å². The average molecular weight is 383 g/mol. The third-order valence-electron chi connectivity index (χ3n) is 4.93. The highest BCUT2D eigenvalue weighted by Crippen LogP contribution is 2.23. The van der Waals surface area contributed by atoms with E-state index in [1.54, 1.807) is 42.2 Å². The summed E-state index contributed by atoms with van der Waals surface area (Å²) in [4.78, 5) is 38.0. The Bertz CT molecular complexity index is 844. The SMILES string of the molecule is CC(=O)c1ccc(-c2ccc(C(=O)O[C@@H](C)C(=O)N3CCCCCC3)o2)cc1. The summed E-state index contributed by atoms with van der Waals surface area (Å²) >= 11 is 0. The van der Waals surface area contributed by atoms with Crippen molar-refractivity contribution in [2.45, 2.75) is 45.6 Å². The summed E-state index contributed by atoms with van der Waals surface area (Å²) < 4.78 is 10.9. The molecule has 0 aliphatic carbocycles. The number of hydrogen-bond acceptors (Lipinski definition) is 5. The summed E-state index contributed by atoms with van der Waals surface area (Å²) in [7, 11) is 0. The lowest BCUT2D eigenvalue weighted by molar-refractivity contribution is -0.139. The van der Waals surface area contributed by atoms with Crippen LogP contribution in [0.15, 0.2) is 40.8 Å². The van der Waals surface area contributed by atoms with Crippen LogP contribution in [0.3, 0.4) is 0 Å². The van der Waals surface area contributed by atoms with Gasteiger partial charge in [0.15, 0.2) is 11.9 Å². The van der Waals surface area contributed by atoms with Crippen molar-refractivity contribution in [1.29, 1.82) is 0 Å². The molecule has 1 aliphatic heterocycles. The normalized spacial score (nSPS) is 15.6. The Morgan fingerprint density at radius 1 is 0.964 bits per heavy atom. The number of amides is 1. The van der Waals surface area contributed by atoms with E-state index in [2.05, 4.69) is 0 Å². The maximum Gasteiger partial charge on any atom is 0.375 e. The fourth-order valence-electron chi connectivity index (χ4n) is 3.29. The molecule has 2 aromatic rings. The molecule has 0 bridgehead atoms. The smallest absolute Gasteiger partial charge is 0.375 e. The third-order valence-corrected chi connectivity index (χ3v) is 4.93. The molecular weight excluding hydrogens is 358 g/mol. The molecular formula is C22H25NO5. The average Bonchev–Trinajstić information content (AvgIpc) is 3.03. The lowest BCUT2D eigenvalue weighted by Crippen LogP contribution is -2.40. The maximum absolute atomic E-state index is 12.5. The first-order valence-electron chi connectivity index (χ1n) is 9.66. The van der Waals surface area contributed by atoms with Gasteiger partial charge in [0.1, 0.15) is 5.76 Å². The Labute approximate surface area is 164 Å².